The summed E-state index contributed by atoms with van der Waals surface area (Å²) in [6.07, 6.45) is 0. The molecule has 1 aromatic heterocycles. The standard InChI is InChI=1S/C16H12Cl2N4O2/c17-8-5-10(18)14(11(19)6-8)16(23)24-7-13-21-12-4-2-1-3-9(12)15(20)22-13/h1-6H,7,19H2,(H2,20,21,22). The summed E-state index contributed by atoms with van der Waals surface area (Å²) in [5.41, 5.74) is 12.5. The molecule has 122 valence electrons. The number of hydrogen-bond donors (Lipinski definition) is 2. The Bertz CT molecular complexity index is 924. The smallest absolute Gasteiger partial charge is 0.342 e. The van der Waals surface area contributed by atoms with E-state index in [9.17, 15) is 4.79 Å². The fourth-order valence-corrected chi connectivity index (χ4v) is 2.81. The van der Waals surface area contributed by atoms with Gasteiger partial charge in [-0.05, 0) is 24.3 Å². The van der Waals surface area contributed by atoms with Crippen LogP contribution in [0.2, 0.25) is 10.0 Å². The highest BCUT2D eigenvalue weighted by molar-refractivity contribution is 6.37. The van der Waals surface area contributed by atoms with Crippen LogP contribution in [0.1, 0.15) is 16.2 Å². The Labute approximate surface area is 147 Å². The van der Waals surface area contributed by atoms with Crippen molar-refractivity contribution in [2.45, 2.75) is 6.61 Å². The fraction of sp³-hybridized carbons (Fsp3) is 0.0625. The van der Waals surface area contributed by atoms with Crippen LogP contribution in [0, 0.1) is 0 Å². The number of rotatable bonds is 3. The van der Waals surface area contributed by atoms with Gasteiger partial charge in [-0.25, -0.2) is 14.8 Å². The van der Waals surface area contributed by atoms with Gasteiger partial charge < -0.3 is 16.2 Å². The number of nitrogens with two attached hydrogens (primary N) is 2. The summed E-state index contributed by atoms with van der Waals surface area (Å²) in [6.45, 7) is -0.160. The highest BCUT2D eigenvalue weighted by atomic mass is 35.5. The molecule has 8 heteroatoms. The van der Waals surface area contributed by atoms with Crippen LogP contribution in [0.25, 0.3) is 10.9 Å². The number of benzene rings is 2. The molecule has 0 fully saturated rings. The third-order valence-corrected chi connectivity index (χ3v) is 3.82. The number of esters is 1. The summed E-state index contributed by atoms with van der Waals surface area (Å²) in [4.78, 5) is 20.6. The second kappa shape index (κ2) is 6.51. The largest absolute Gasteiger partial charge is 0.454 e. The summed E-state index contributed by atoms with van der Waals surface area (Å²) in [7, 11) is 0. The molecule has 0 saturated carbocycles. The van der Waals surface area contributed by atoms with Gasteiger partial charge in [0.1, 0.15) is 11.4 Å². The van der Waals surface area contributed by atoms with Crippen LogP contribution in [-0.4, -0.2) is 15.9 Å². The van der Waals surface area contributed by atoms with Crippen molar-refractivity contribution in [3.05, 3.63) is 57.8 Å². The van der Waals surface area contributed by atoms with Gasteiger partial charge in [-0.15, -0.1) is 0 Å². The predicted octanol–water partition coefficient (Wildman–Crippen LogP) is 3.46. The number of carbonyl (C=O) groups excluding carboxylic acids is 1. The quantitative estimate of drug-likeness (QED) is 0.546. The lowest BCUT2D eigenvalue weighted by atomic mass is 10.2. The third-order valence-electron chi connectivity index (χ3n) is 3.30. The van der Waals surface area contributed by atoms with Crippen LogP contribution in [0.3, 0.4) is 0 Å². The van der Waals surface area contributed by atoms with E-state index < -0.39 is 5.97 Å². The van der Waals surface area contributed by atoms with E-state index in [-0.39, 0.29) is 28.7 Å². The summed E-state index contributed by atoms with van der Waals surface area (Å²) in [5.74, 6) is -0.0941. The second-order valence-corrected chi connectivity index (χ2v) is 5.81. The molecule has 6 nitrogen and oxygen atoms in total. The molecule has 0 amide bonds. The van der Waals surface area contributed by atoms with Gasteiger partial charge in [0, 0.05) is 16.1 Å². The van der Waals surface area contributed by atoms with Crippen LogP contribution in [0.15, 0.2) is 36.4 Å². The minimum atomic E-state index is -0.690. The van der Waals surface area contributed by atoms with E-state index in [0.717, 1.165) is 5.39 Å². The Hall–Kier alpha value is -2.57. The van der Waals surface area contributed by atoms with E-state index in [4.69, 9.17) is 39.4 Å². The number of nitrogens with zero attached hydrogens (tertiary/aromatic N) is 2. The van der Waals surface area contributed by atoms with Gasteiger partial charge >= 0.3 is 5.97 Å². The van der Waals surface area contributed by atoms with Gasteiger partial charge in [-0.1, -0.05) is 35.3 Å². The second-order valence-electron chi connectivity index (χ2n) is 4.97. The van der Waals surface area contributed by atoms with Crippen LogP contribution in [-0.2, 0) is 11.3 Å². The molecule has 0 unspecified atom stereocenters. The summed E-state index contributed by atoms with van der Waals surface area (Å²) in [6, 6.07) is 10.1. The molecular weight excluding hydrogens is 351 g/mol. The van der Waals surface area contributed by atoms with E-state index in [1.165, 1.54) is 12.1 Å². The van der Waals surface area contributed by atoms with Crippen molar-refractivity contribution in [1.29, 1.82) is 0 Å². The van der Waals surface area contributed by atoms with Crippen molar-refractivity contribution >= 4 is 51.6 Å². The van der Waals surface area contributed by atoms with Crippen molar-refractivity contribution in [3.63, 3.8) is 0 Å². The van der Waals surface area contributed by atoms with E-state index in [2.05, 4.69) is 9.97 Å². The fourth-order valence-electron chi connectivity index (χ4n) is 2.23. The minimum absolute atomic E-state index is 0.0508. The van der Waals surface area contributed by atoms with Gasteiger partial charge in [0.15, 0.2) is 12.4 Å². The molecule has 0 aliphatic rings. The average Bonchev–Trinajstić information content (AvgIpc) is 2.52. The molecule has 0 bridgehead atoms. The first-order valence-corrected chi connectivity index (χ1v) is 7.64. The van der Waals surface area contributed by atoms with Gasteiger partial charge in [-0.2, -0.15) is 0 Å². The van der Waals surface area contributed by atoms with E-state index in [1.807, 2.05) is 18.2 Å². The molecule has 0 spiro atoms. The molecule has 0 atom stereocenters. The Morgan fingerprint density at radius 1 is 1.12 bits per heavy atom. The van der Waals surface area contributed by atoms with Gasteiger partial charge in [0.05, 0.1) is 10.5 Å². The maximum absolute atomic E-state index is 12.2. The highest BCUT2D eigenvalue weighted by Crippen LogP contribution is 2.28. The van der Waals surface area contributed by atoms with Crippen molar-refractivity contribution in [2.75, 3.05) is 11.5 Å². The first kappa shape index (κ1) is 16.3. The van der Waals surface area contributed by atoms with Crippen molar-refractivity contribution in [2.24, 2.45) is 0 Å². The molecular formula is C16H12Cl2N4O2. The number of ether oxygens (including phenoxy) is 1. The number of carbonyl (C=O) groups is 1. The normalized spacial score (nSPS) is 10.8. The monoisotopic (exact) mass is 362 g/mol. The number of aromatic nitrogens is 2. The molecule has 1 heterocycles. The topological polar surface area (TPSA) is 104 Å². The van der Waals surface area contributed by atoms with E-state index in [0.29, 0.717) is 16.4 Å². The van der Waals surface area contributed by atoms with Crippen LogP contribution < -0.4 is 11.5 Å². The van der Waals surface area contributed by atoms with Gasteiger partial charge in [0.2, 0.25) is 0 Å². The van der Waals surface area contributed by atoms with Crippen LogP contribution >= 0.6 is 23.2 Å². The van der Waals surface area contributed by atoms with Crippen molar-refractivity contribution in [3.8, 4) is 0 Å². The molecule has 4 N–H and O–H groups in total. The Morgan fingerprint density at radius 3 is 2.62 bits per heavy atom. The molecule has 0 saturated heterocycles. The maximum Gasteiger partial charge on any atom is 0.342 e. The average molecular weight is 363 g/mol. The Morgan fingerprint density at radius 2 is 1.88 bits per heavy atom. The summed E-state index contributed by atoms with van der Waals surface area (Å²) < 4.78 is 5.19. The number of nitrogen functional groups attached to an aromatic ring is 2. The summed E-state index contributed by atoms with van der Waals surface area (Å²) in [5, 5.41) is 1.18. The molecule has 0 aliphatic heterocycles. The van der Waals surface area contributed by atoms with Crippen LogP contribution in [0.4, 0.5) is 11.5 Å². The highest BCUT2D eigenvalue weighted by Gasteiger charge is 2.17. The zero-order chi connectivity index (χ0) is 17.3. The summed E-state index contributed by atoms with van der Waals surface area (Å²) >= 11 is 11.8. The molecule has 24 heavy (non-hydrogen) atoms. The molecule has 3 aromatic rings. The van der Waals surface area contributed by atoms with Gasteiger partial charge in [0.25, 0.3) is 0 Å². The lowest BCUT2D eigenvalue weighted by Gasteiger charge is -2.09. The molecule has 0 aliphatic carbocycles. The zero-order valence-corrected chi connectivity index (χ0v) is 13.8. The van der Waals surface area contributed by atoms with E-state index in [1.54, 1.807) is 6.07 Å². The predicted molar refractivity (Wildman–Crippen MR) is 93.9 cm³/mol. The number of halogens is 2. The lowest BCUT2D eigenvalue weighted by Crippen LogP contribution is -2.11. The molecule has 3 rings (SSSR count). The molecule has 0 radical (unpaired) electrons. The molecule has 2 aromatic carbocycles. The third kappa shape index (κ3) is 3.20. The Kier molecular flexibility index (Phi) is 4.42. The van der Waals surface area contributed by atoms with Crippen molar-refractivity contribution < 1.29 is 9.53 Å². The zero-order valence-electron chi connectivity index (χ0n) is 12.3. The SMILES string of the molecule is Nc1cc(Cl)cc(Cl)c1C(=O)OCc1nc(N)c2ccccc2n1. The first-order valence-electron chi connectivity index (χ1n) is 6.88. The van der Waals surface area contributed by atoms with Gasteiger partial charge in [-0.3, -0.25) is 0 Å². The van der Waals surface area contributed by atoms with Crippen LogP contribution in [0.5, 0.6) is 0 Å². The minimum Gasteiger partial charge on any atom is -0.454 e. The van der Waals surface area contributed by atoms with E-state index >= 15 is 0 Å². The number of para-hydroxylation sites is 1. The number of anilines is 2. The maximum atomic E-state index is 12.2. The number of fused-ring (bicyclic) bond motifs is 1. The lowest BCUT2D eigenvalue weighted by molar-refractivity contribution is 0.0464. The first-order chi connectivity index (χ1) is 11.5. The Balaban J connectivity index is 1.82. The number of hydrogen-bond acceptors (Lipinski definition) is 6. The van der Waals surface area contributed by atoms with Crippen molar-refractivity contribution in [1.82, 2.24) is 9.97 Å².